The number of imidazole rings is 1. The first-order chi connectivity index (χ1) is 8.13. The Morgan fingerprint density at radius 1 is 1.47 bits per heavy atom. The topological polar surface area (TPSA) is 55.9 Å². The van der Waals surface area contributed by atoms with E-state index < -0.39 is 0 Å². The van der Waals surface area contributed by atoms with Crippen molar-refractivity contribution < 1.29 is 4.39 Å². The van der Waals surface area contributed by atoms with E-state index in [9.17, 15) is 4.39 Å². The van der Waals surface area contributed by atoms with Gasteiger partial charge in [-0.05, 0) is 24.1 Å². The normalized spacial score (nSPS) is 12.7. The van der Waals surface area contributed by atoms with E-state index in [1.165, 1.54) is 6.07 Å². The van der Waals surface area contributed by atoms with Crippen molar-refractivity contribution in [2.24, 2.45) is 12.9 Å². The average Bonchev–Trinajstić information content (AvgIpc) is 2.71. The van der Waals surface area contributed by atoms with Crippen LogP contribution in [-0.2, 0) is 7.05 Å². The van der Waals surface area contributed by atoms with Crippen LogP contribution in [-0.4, -0.2) is 9.55 Å². The van der Waals surface area contributed by atoms with Crippen LogP contribution >= 0.6 is 0 Å². The van der Waals surface area contributed by atoms with Gasteiger partial charge in [0.1, 0.15) is 17.7 Å². The van der Waals surface area contributed by atoms with E-state index in [2.05, 4.69) is 10.4 Å². The number of rotatable bonds is 3. The number of nitrogens with two attached hydrogens (primary N) is 1. The smallest absolute Gasteiger partial charge is 0.131 e. The summed E-state index contributed by atoms with van der Waals surface area (Å²) in [5.74, 6) is 6.03. The summed E-state index contributed by atoms with van der Waals surface area (Å²) in [7, 11) is 1.87. The Morgan fingerprint density at radius 2 is 2.24 bits per heavy atom. The monoisotopic (exact) mass is 234 g/mol. The fraction of sp³-hybridized carbons (Fsp3) is 0.250. The molecule has 2 rings (SSSR count). The quantitative estimate of drug-likeness (QED) is 0.624. The minimum atomic E-state index is -0.315. The molecule has 0 amide bonds. The number of hydrogen-bond acceptors (Lipinski definition) is 3. The zero-order chi connectivity index (χ0) is 12.4. The largest absolute Gasteiger partial charge is 0.336 e. The molecule has 5 heteroatoms. The molecule has 1 aromatic heterocycles. The van der Waals surface area contributed by atoms with Crippen LogP contribution in [0.2, 0.25) is 0 Å². The van der Waals surface area contributed by atoms with Crippen LogP contribution in [0, 0.1) is 12.7 Å². The molecule has 4 nitrogen and oxygen atoms in total. The van der Waals surface area contributed by atoms with Crippen molar-refractivity contribution in [3.63, 3.8) is 0 Å². The number of halogens is 1. The third kappa shape index (κ3) is 2.20. The summed E-state index contributed by atoms with van der Waals surface area (Å²) in [5, 5.41) is 0. The van der Waals surface area contributed by atoms with Gasteiger partial charge >= 0.3 is 0 Å². The molecule has 0 aliphatic heterocycles. The second-order valence-corrected chi connectivity index (χ2v) is 4.00. The third-order valence-electron chi connectivity index (χ3n) is 2.81. The van der Waals surface area contributed by atoms with Gasteiger partial charge in [0, 0.05) is 19.4 Å². The summed E-state index contributed by atoms with van der Waals surface area (Å²) in [4.78, 5) is 4.21. The maximum Gasteiger partial charge on any atom is 0.131 e. The summed E-state index contributed by atoms with van der Waals surface area (Å²) in [6.07, 6.45) is 3.51. The van der Waals surface area contributed by atoms with Crippen LogP contribution in [0.3, 0.4) is 0 Å². The van der Waals surface area contributed by atoms with Gasteiger partial charge in [-0.25, -0.2) is 14.8 Å². The predicted octanol–water partition coefficient (Wildman–Crippen LogP) is 1.42. The van der Waals surface area contributed by atoms with E-state index in [0.29, 0.717) is 5.56 Å². The lowest BCUT2D eigenvalue weighted by Gasteiger charge is -2.16. The zero-order valence-corrected chi connectivity index (χ0v) is 9.81. The molecule has 0 bridgehead atoms. The second-order valence-electron chi connectivity index (χ2n) is 4.00. The standard InChI is InChI=1S/C12H15FN4/c1-8-3-4-9(7-10(8)13)11(16-14)12-15-5-6-17(12)2/h3-7,11,16H,14H2,1-2H3. The van der Waals surface area contributed by atoms with Crippen molar-refractivity contribution >= 4 is 0 Å². The number of nitrogens with one attached hydrogen (secondary N) is 1. The highest BCUT2D eigenvalue weighted by Gasteiger charge is 2.17. The van der Waals surface area contributed by atoms with Gasteiger partial charge in [0.05, 0.1) is 0 Å². The lowest BCUT2D eigenvalue weighted by Crippen LogP contribution is -2.30. The Balaban J connectivity index is 2.42. The first-order valence-electron chi connectivity index (χ1n) is 5.33. The van der Waals surface area contributed by atoms with Crippen molar-refractivity contribution in [1.82, 2.24) is 15.0 Å². The van der Waals surface area contributed by atoms with Crippen LogP contribution in [0.15, 0.2) is 30.6 Å². The molecule has 0 spiro atoms. The van der Waals surface area contributed by atoms with Crippen LogP contribution in [0.1, 0.15) is 23.0 Å². The van der Waals surface area contributed by atoms with Gasteiger partial charge in [-0.3, -0.25) is 5.84 Å². The van der Waals surface area contributed by atoms with E-state index in [1.54, 1.807) is 19.2 Å². The molecule has 3 N–H and O–H groups in total. The Morgan fingerprint density at radius 3 is 2.76 bits per heavy atom. The van der Waals surface area contributed by atoms with Gasteiger partial charge in [-0.2, -0.15) is 0 Å². The summed E-state index contributed by atoms with van der Waals surface area (Å²) >= 11 is 0. The molecule has 1 aromatic carbocycles. The van der Waals surface area contributed by atoms with Crippen molar-refractivity contribution in [2.75, 3.05) is 0 Å². The lowest BCUT2D eigenvalue weighted by molar-refractivity contribution is 0.568. The first kappa shape index (κ1) is 11.8. The Hall–Kier alpha value is -1.72. The Bertz CT molecular complexity index is 521. The molecule has 0 aliphatic rings. The SMILES string of the molecule is Cc1ccc(C(NN)c2nccn2C)cc1F. The van der Waals surface area contributed by atoms with Crippen molar-refractivity contribution in [3.05, 3.63) is 53.4 Å². The molecule has 2 aromatic rings. The summed E-state index contributed by atoms with van der Waals surface area (Å²) < 4.78 is 15.4. The molecular formula is C12H15FN4. The Kier molecular flexibility index (Phi) is 3.21. The molecule has 1 unspecified atom stereocenters. The fourth-order valence-electron chi connectivity index (χ4n) is 1.76. The lowest BCUT2D eigenvalue weighted by atomic mass is 10.0. The molecular weight excluding hydrogens is 219 g/mol. The van der Waals surface area contributed by atoms with E-state index in [-0.39, 0.29) is 11.9 Å². The number of benzene rings is 1. The highest BCUT2D eigenvalue weighted by molar-refractivity contribution is 5.29. The van der Waals surface area contributed by atoms with Crippen LogP contribution < -0.4 is 11.3 Å². The van der Waals surface area contributed by atoms with Gasteiger partial charge in [0.25, 0.3) is 0 Å². The number of hydrazine groups is 1. The highest BCUT2D eigenvalue weighted by atomic mass is 19.1. The van der Waals surface area contributed by atoms with Crippen molar-refractivity contribution in [3.8, 4) is 0 Å². The van der Waals surface area contributed by atoms with Gasteiger partial charge in [-0.15, -0.1) is 0 Å². The number of aromatic nitrogens is 2. The Labute approximate surface area is 99.2 Å². The minimum Gasteiger partial charge on any atom is -0.336 e. The predicted molar refractivity (Wildman–Crippen MR) is 63.5 cm³/mol. The van der Waals surface area contributed by atoms with Gasteiger partial charge in [0.2, 0.25) is 0 Å². The maximum absolute atomic E-state index is 13.5. The van der Waals surface area contributed by atoms with Gasteiger partial charge in [-0.1, -0.05) is 12.1 Å². The molecule has 0 radical (unpaired) electrons. The van der Waals surface area contributed by atoms with Gasteiger partial charge in [0.15, 0.2) is 0 Å². The molecule has 0 saturated carbocycles. The summed E-state index contributed by atoms with van der Waals surface area (Å²) in [5.41, 5.74) is 4.03. The van der Waals surface area contributed by atoms with E-state index in [0.717, 1.165) is 11.4 Å². The maximum atomic E-state index is 13.5. The van der Waals surface area contributed by atoms with Crippen LogP contribution in [0.5, 0.6) is 0 Å². The van der Waals surface area contributed by atoms with E-state index in [1.807, 2.05) is 23.9 Å². The molecule has 90 valence electrons. The van der Waals surface area contributed by atoms with Gasteiger partial charge < -0.3 is 4.57 Å². The molecule has 0 aliphatic carbocycles. The highest BCUT2D eigenvalue weighted by Crippen LogP contribution is 2.21. The van der Waals surface area contributed by atoms with Crippen molar-refractivity contribution in [2.45, 2.75) is 13.0 Å². The molecule has 17 heavy (non-hydrogen) atoms. The fourth-order valence-corrected chi connectivity index (χ4v) is 1.76. The zero-order valence-electron chi connectivity index (χ0n) is 9.81. The minimum absolute atomic E-state index is 0.239. The second kappa shape index (κ2) is 4.65. The average molecular weight is 234 g/mol. The van der Waals surface area contributed by atoms with Crippen LogP contribution in [0.25, 0.3) is 0 Å². The van der Waals surface area contributed by atoms with Crippen LogP contribution in [0.4, 0.5) is 4.39 Å². The number of nitrogens with zero attached hydrogens (tertiary/aromatic N) is 2. The first-order valence-corrected chi connectivity index (χ1v) is 5.33. The van der Waals surface area contributed by atoms with E-state index in [4.69, 9.17) is 5.84 Å². The molecule has 0 fully saturated rings. The van der Waals surface area contributed by atoms with E-state index >= 15 is 0 Å². The molecule has 0 saturated heterocycles. The number of hydrogen-bond donors (Lipinski definition) is 2. The van der Waals surface area contributed by atoms with Crippen molar-refractivity contribution in [1.29, 1.82) is 0 Å². The number of aryl methyl sites for hydroxylation is 2. The third-order valence-corrected chi connectivity index (χ3v) is 2.81. The summed E-state index contributed by atoms with van der Waals surface area (Å²) in [6.45, 7) is 1.73. The molecule has 1 atom stereocenters. The molecule has 1 heterocycles. The summed E-state index contributed by atoms with van der Waals surface area (Å²) in [6, 6.07) is 4.74.